The maximum absolute atomic E-state index is 6.68. The van der Waals surface area contributed by atoms with Crippen molar-refractivity contribution >= 4 is 103 Å². The molecule has 4 heterocycles. The fourth-order valence-corrected chi connectivity index (χ4v) is 9.59. The number of oxazole rings is 1. The average Bonchev–Trinajstić information content (AvgIpc) is 4.01. The van der Waals surface area contributed by atoms with Crippen LogP contribution in [0, 0.1) is 0 Å². The minimum Gasteiger partial charge on any atom is -0.456 e. The van der Waals surface area contributed by atoms with Gasteiger partial charge in [0.05, 0.1) is 27.1 Å². The van der Waals surface area contributed by atoms with Gasteiger partial charge in [0.1, 0.15) is 16.7 Å². The molecule has 0 N–H and O–H groups in total. The third kappa shape index (κ3) is 4.55. The van der Waals surface area contributed by atoms with E-state index < -0.39 is 0 Å². The molecule has 0 fully saturated rings. The lowest BCUT2D eigenvalue weighted by Gasteiger charge is -2.27. The van der Waals surface area contributed by atoms with Gasteiger partial charge in [-0.05, 0) is 72.8 Å². The number of aromatic nitrogens is 2. The van der Waals surface area contributed by atoms with E-state index in [4.69, 9.17) is 13.8 Å². The molecule has 0 spiro atoms. The molecule has 12 rings (SSSR count). The maximum Gasteiger partial charge on any atom is 0.227 e. The molecule has 0 radical (unpaired) electrons. The van der Waals surface area contributed by atoms with Gasteiger partial charge in [0.2, 0.25) is 5.89 Å². The normalized spacial score (nSPS) is 12.0. The van der Waals surface area contributed by atoms with Crippen LogP contribution in [-0.2, 0) is 0 Å². The summed E-state index contributed by atoms with van der Waals surface area (Å²) in [6.07, 6.45) is 0. The van der Waals surface area contributed by atoms with E-state index in [9.17, 15) is 0 Å². The van der Waals surface area contributed by atoms with E-state index in [0.29, 0.717) is 11.5 Å². The Morgan fingerprint density at radius 2 is 1.20 bits per heavy atom. The van der Waals surface area contributed by atoms with Gasteiger partial charge >= 0.3 is 0 Å². The van der Waals surface area contributed by atoms with Crippen molar-refractivity contribution in [1.82, 2.24) is 9.55 Å². The first-order valence-corrected chi connectivity index (χ1v) is 19.2. The lowest BCUT2D eigenvalue weighted by molar-refractivity contribution is 0.617. The predicted octanol–water partition coefficient (Wildman–Crippen LogP) is 14.3. The molecule has 12 aromatic rings. The first kappa shape index (κ1) is 30.3. The van der Waals surface area contributed by atoms with Crippen LogP contribution in [0.1, 0.15) is 0 Å². The Kier molecular flexibility index (Phi) is 6.44. The number of fused-ring (bicyclic) bond motifs is 10. The van der Waals surface area contributed by atoms with Crippen LogP contribution in [-0.4, -0.2) is 9.55 Å². The lowest BCUT2D eigenvalue weighted by Crippen LogP contribution is -2.10. The van der Waals surface area contributed by atoms with Crippen LogP contribution >= 0.6 is 11.3 Å². The highest BCUT2D eigenvalue weighted by atomic mass is 32.1. The first-order valence-electron chi connectivity index (χ1n) is 18.4. The van der Waals surface area contributed by atoms with Gasteiger partial charge in [-0.1, -0.05) is 91.0 Å². The summed E-state index contributed by atoms with van der Waals surface area (Å²) < 4.78 is 17.8. The van der Waals surface area contributed by atoms with Crippen molar-refractivity contribution < 1.29 is 8.83 Å². The molecule has 4 aromatic heterocycles. The monoisotopic (exact) mass is 723 g/mol. The van der Waals surface area contributed by atoms with Crippen molar-refractivity contribution in [2.45, 2.75) is 0 Å². The summed E-state index contributed by atoms with van der Waals surface area (Å²) in [4.78, 5) is 7.28. The van der Waals surface area contributed by atoms with Crippen LogP contribution in [0.5, 0.6) is 0 Å². The second-order valence-electron chi connectivity index (χ2n) is 13.9. The smallest absolute Gasteiger partial charge is 0.227 e. The van der Waals surface area contributed by atoms with Gasteiger partial charge in [-0.3, -0.25) is 0 Å². The zero-order valence-corrected chi connectivity index (χ0v) is 30.1. The molecular weight excluding hydrogens is 695 g/mol. The van der Waals surface area contributed by atoms with Crippen LogP contribution in [0.25, 0.3) is 92.2 Å². The zero-order valence-electron chi connectivity index (χ0n) is 29.3. The van der Waals surface area contributed by atoms with E-state index in [1.54, 1.807) is 0 Å². The van der Waals surface area contributed by atoms with Crippen molar-refractivity contribution in [3.63, 3.8) is 0 Å². The van der Waals surface area contributed by atoms with Crippen molar-refractivity contribution in [2.24, 2.45) is 0 Å². The van der Waals surface area contributed by atoms with Crippen LogP contribution < -0.4 is 4.90 Å². The molecular formula is C49H29N3O2S. The Morgan fingerprint density at radius 1 is 0.491 bits per heavy atom. The summed E-state index contributed by atoms with van der Waals surface area (Å²) in [5.74, 6) is 0.601. The Hall–Kier alpha value is -7.15. The van der Waals surface area contributed by atoms with Gasteiger partial charge in [-0.2, -0.15) is 0 Å². The van der Waals surface area contributed by atoms with E-state index in [2.05, 4.69) is 149 Å². The number of hydrogen-bond acceptors (Lipinski definition) is 5. The average molecular weight is 724 g/mol. The molecule has 55 heavy (non-hydrogen) atoms. The number of benzene rings is 8. The van der Waals surface area contributed by atoms with E-state index >= 15 is 0 Å². The summed E-state index contributed by atoms with van der Waals surface area (Å²) in [6.45, 7) is 0. The van der Waals surface area contributed by atoms with Gasteiger partial charge in [0, 0.05) is 66.1 Å². The minimum atomic E-state index is 0.601. The lowest BCUT2D eigenvalue weighted by atomic mass is 10.1. The molecule has 5 nitrogen and oxygen atoms in total. The van der Waals surface area contributed by atoms with Gasteiger partial charge < -0.3 is 18.3 Å². The Labute approximate surface area is 318 Å². The summed E-state index contributed by atoms with van der Waals surface area (Å²) in [6, 6.07) is 62.1. The minimum absolute atomic E-state index is 0.601. The Morgan fingerprint density at radius 3 is 2.09 bits per heavy atom. The number of nitrogens with zero attached hydrogens (tertiary/aromatic N) is 3. The fraction of sp³-hybridized carbons (Fsp3) is 0. The second-order valence-corrected chi connectivity index (χ2v) is 15.0. The number of hydrogen-bond donors (Lipinski definition) is 0. The number of anilines is 3. The number of thiophene rings is 1. The first-order chi connectivity index (χ1) is 27.3. The number of rotatable bonds is 5. The van der Waals surface area contributed by atoms with E-state index in [0.717, 1.165) is 66.8 Å². The van der Waals surface area contributed by atoms with Crippen LogP contribution in [0.3, 0.4) is 0 Å². The molecule has 8 aromatic carbocycles. The molecule has 0 saturated heterocycles. The van der Waals surface area contributed by atoms with Gasteiger partial charge in [0.25, 0.3) is 0 Å². The predicted molar refractivity (Wildman–Crippen MR) is 229 cm³/mol. The van der Waals surface area contributed by atoms with E-state index in [1.165, 1.54) is 30.9 Å². The highest BCUT2D eigenvalue weighted by molar-refractivity contribution is 7.26. The molecule has 0 aliphatic rings. The highest BCUT2D eigenvalue weighted by Crippen LogP contribution is 2.49. The molecule has 0 aliphatic carbocycles. The molecule has 0 bridgehead atoms. The van der Waals surface area contributed by atoms with Crippen molar-refractivity contribution in [3.8, 4) is 17.1 Å². The molecule has 0 aliphatic heterocycles. The van der Waals surface area contributed by atoms with Gasteiger partial charge in [-0.25, -0.2) is 4.98 Å². The molecule has 6 heteroatoms. The third-order valence-corrected chi connectivity index (χ3v) is 12.0. The molecule has 0 amide bonds. The summed E-state index contributed by atoms with van der Waals surface area (Å²) >= 11 is 1.84. The highest BCUT2D eigenvalue weighted by Gasteiger charge is 2.24. The summed E-state index contributed by atoms with van der Waals surface area (Å²) in [5, 5.41) is 6.93. The van der Waals surface area contributed by atoms with Crippen molar-refractivity contribution in [2.75, 3.05) is 4.90 Å². The quantitative estimate of drug-likeness (QED) is 0.177. The van der Waals surface area contributed by atoms with E-state index in [1.807, 2.05) is 47.7 Å². The number of para-hydroxylation sites is 2. The SMILES string of the molecule is c1ccc(-c2nc3cc4c(cc3o2)oc2cc(N(c3cccc5c3sc3ccccc35)c3cccc5c3c3ccccc3n5-c3ccccc3)ccc24)cc1. The largest absolute Gasteiger partial charge is 0.456 e. The van der Waals surface area contributed by atoms with E-state index in [-0.39, 0.29) is 0 Å². The van der Waals surface area contributed by atoms with Gasteiger partial charge in [-0.15, -0.1) is 11.3 Å². The standard InChI is InChI=1S/C49H29N3O2S/c1-3-13-30(14-4-1)49-50-38-28-37-33-26-25-32(27-43(33)53-44(37)29-45(38)54-49)52(42-23-11-19-35-34-17-8-10-24-46(34)55-48(35)42)41-22-12-21-40-47(41)36-18-7-9-20-39(36)51(40)31-15-5-2-6-16-31/h1-29H. The topological polar surface area (TPSA) is 47.3 Å². The zero-order chi connectivity index (χ0) is 36.0. The number of furan rings is 1. The Bertz CT molecular complexity index is 3450. The molecule has 0 atom stereocenters. The third-order valence-electron chi connectivity index (χ3n) is 10.8. The van der Waals surface area contributed by atoms with Crippen LogP contribution in [0.15, 0.2) is 185 Å². The fourth-order valence-electron chi connectivity index (χ4n) is 8.39. The second kappa shape index (κ2) is 11.7. The van der Waals surface area contributed by atoms with Crippen molar-refractivity contribution in [1.29, 1.82) is 0 Å². The van der Waals surface area contributed by atoms with Crippen LogP contribution in [0.2, 0.25) is 0 Å². The molecule has 0 saturated carbocycles. The maximum atomic E-state index is 6.68. The van der Waals surface area contributed by atoms with Crippen molar-refractivity contribution in [3.05, 3.63) is 176 Å². The van der Waals surface area contributed by atoms with Gasteiger partial charge in [0.15, 0.2) is 5.58 Å². The summed E-state index contributed by atoms with van der Waals surface area (Å²) in [7, 11) is 0. The molecule has 258 valence electrons. The summed E-state index contributed by atoms with van der Waals surface area (Å²) in [5.41, 5.74) is 10.7. The molecule has 0 unspecified atom stereocenters. The van der Waals surface area contributed by atoms with Crippen LogP contribution in [0.4, 0.5) is 17.1 Å². The Balaban J connectivity index is 1.12.